The van der Waals surface area contributed by atoms with Crippen LogP contribution < -0.4 is 15.1 Å². The van der Waals surface area contributed by atoms with E-state index in [9.17, 15) is 17.2 Å². The highest BCUT2D eigenvalue weighted by molar-refractivity contribution is 7.92. The van der Waals surface area contributed by atoms with Gasteiger partial charge in [-0.25, -0.2) is 36.5 Å². The Bertz CT molecular complexity index is 2320. The predicted octanol–water partition coefficient (Wildman–Crippen LogP) is 8.99. The molecule has 0 spiro atoms. The second-order valence-corrected chi connectivity index (χ2v) is 21.3. The monoisotopic (exact) mass is 792 g/mol. The van der Waals surface area contributed by atoms with Crippen LogP contribution in [0, 0.1) is 17.5 Å². The Labute approximate surface area is 317 Å². The van der Waals surface area contributed by atoms with Gasteiger partial charge < -0.3 is 4.43 Å². The number of rotatable bonds is 11. The predicted molar refractivity (Wildman–Crippen MR) is 207 cm³/mol. The third-order valence-corrected chi connectivity index (χ3v) is 16.8. The van der Waals surface area contributed by atoms with Gasteiger partial charge in [0.25, 0.3) is 18.3 Å². The molecule has 0 radical (unpaired) electrons. The van der Waals surface area contributed by atoms with Gasteiger partial charge in [0.05, 0.1) is 22.0 Å². The number of hydrogen-bond donors (Lipinski definition) is 1. The molecule has 1 N–H and O–H groups in total. The van der Waals surface area contributed by atoms with Gasteiger partial charge in [-0.05, 0) is 57.3 Å². The van der Waals surface area contributed by atoms with Crippen LogP contribution in [0.1, 0.15) is 39.6 Å². The van der Waals surface area contributed by atoms with Crippen LogP contribution in [-0.2, 0) is 19.9 Å². The molecule has 6 rings (SSSR count). The molecule has 0 unspecified atom stereocenters. The third-order valence-electron chi connectivity index (χ3n) is 8.82. The van der Waals surface area contributed by atoms with E-state index in [2.05, 4.69) is 55.0 Å². The largest absolute Gasteiger partial charge is 0.406 e. The average molecular weight is 793 g/mol. The van der Waals surface area contributed by atoms with Gasteiger partial charge in [0.2, 0.25) is 5.28 Å². The number of aromatic nitrogens is 3. The Kier molecular flexibility index (Phi) is 10.7. The number of nitrogens with zero attached hydrogens (tertiary/aromatic N) is 3. The first kappa shape index (κ1) is 38.3. The molecule has 2 aromatic heterocycles. The summed E-state index contributed by atoms with van der Waals surface area (Å²) in [4.78, 5) is 12.6. The van der Waals surface area contributed by atoms with E-state index in [1.54, 1.807) is 6.07 Å². The SMILES string of the molecule is CC(C)(CO[Si](c1ccccc1)(c1ccccc1)C(C)(C)C)c1nc(-c2cccc(NS(=O)(=O)c3c(F)cccc3F)c2F)c(-c2ccnc(Cl)n2)s1. The molecule has 0 aliphatic rings. The Morgan fingerprint density at radius 3 is 1.94 bits per heavy atom. The third kappa shape index (κ3) is 7.54. The summed E-state index contributed by atoms with van der Waals surface area (Å²) in [5, 5.41) is 2.50. The Morgan fingerprint density at radius 2 is 1.38 bits per heavy atom. The van der Waals surface area contributed by atoms with Crippen molar-refractivity contribution in [3.63, 3.8) is 0 Å². The number of nitrogens with one attached hydrogen (secondary N) is 1. The van der Waals surface area contributed by atoms with Crippen LogP contribution in [0.4, 0.5) is 18.9 Å². The first-order valence-corrected chi connectivity index (χ1v) is 21.1. The highest BCUT2D eigenvalue weighted by atomic mass is 35.5. The average Bonchev–Trinajstić information content (AvgIpc) is 3.56. The van der Waals surface area contributed by atoms with Crippen LogP contribution in [0.5, 0.6) is 0 Å². The van der Waals surface area contributed by atoms with Crippen LogP contribution in [0.25, 0.3) is 21.8 Å². The van der Waals surface area contributed by atoms with E-state index in [0.717, 1.165) is 34.6 Å². The molecular formula is C39H36ClF3N4O3S2Si. The number of thiazole rings is 1. The molecule has 0 amide bonds. The van der Waals surface area contributed by atoms with Gasteiger partial charge in [0.1, 0.15) is 16.6 Å². The summed E-state index contributed by atoms with van der Waals surface area (Å²) in [6.45, 7) is 10.8. The number of benzene rings is 4. The molecule has 2 heterocycles. The fourth-order valence-corrected chi connectivity index (χ4v) is 13.5. The molecule has 0 aliphatic heterocycles. The molecule has 0 aliphatic carbocycles. The Balaban J connectivity index is 1.45. The first-order chi connectivity index (χ1) is 25.0. The van der Waals surface area contributed by atoms with Crippen molar-refractivity contribution in [3.05, 3.63) is 137 Å². The second kappa shape index (κ2) is 14.8. The van der Waals surface area contributed by atoms with Gasteiger partial charge in [-0.1, -0.05) is 107 Å². The Morgan fingerprint density at radius 1 is 0.792 bits per heavy atom. The number of hydrogen-bond acceptors (Lipinski definition) is 7. The zero-order valence-corrected chi connectivity index (χ0v) is 32.9. The molecule has 0 saturated carbocycles. The van der Waals surface area contributed by atoms with E-state index in [1.807, 2.05) is 55.0 Å². The summed E-state index contributed by atoms with van der Waals surface area (Å²) in [6, 6.07) is 28.7. The lowest BCUT2D eigenvalue weighted by Crippen LogP contribution is -2.67. The summed E-state index contributed by atoms with van der Waals surface area (Å²) >= 11 is 7.47. The van der Waals surface area contributed by atoms with Crippen molar-refractivity contribution < 1.29 is 26.0 Å². The maximum absolute atomic E-state index is 16.5. The van der Waals surface area contributed by atoms with E-state index < -0.39 is 51.8 Å². The van der Waals surface area contributed by atoms with E-state index in [0.29, 0.717) is 15.6 Å². The van der Waals surface area contributed by atoms with Crippen molar-refractivity contribution in [3.8, 4) is 21.8 Å². The van der Waals surface area contributed by atoms with Crippen LogP contribution in [0.3, 0.4) is 0 Å². The minimum absolute atomic E-state index is 0.0356. The standard InChI is InChI=1S/C39H36ClF3N4O3S2Si/c1-38(2,3)53(25-14-8-6-9-15-25,26-16-10-7-11-17-26)50-24-39(4,5)36-46-33(34(51-36)31-22-23-44-37(40)45-31)27-18-12-21-30(32(27)43)47-52(48,49)35-28(41)19-13-20-29(35)42/h6-23,47H,24H2,1-5H3. The molecule has 0 fully saturated rings. The summed E-state index contributed by atoms with van der Waals surface area (Å²) in [7, 11) is -7.82. The van der Waals surface area contributed by atoms with E-state index in [1.165, 1.54) is 29.7 Å². The lowest BCUT2D eigenvalue weighted by atomic mass is 9.96. The van der Waals surface area contributed by atoms with Gasteiger partial charge in [0, 0.05) is 23.8 Å². The van der Waals surface area contributed by atoms with Crippen molar-refractivity contribution >= 4 is 57.3 Å². The lowest BCUT2D eigenvalue weighted by Gasteiger charge is -2.44. The quantitative estimate of drug-likeness (QED) is 0.104. The van der Waals surface area contributed by atoms with Gasteiger partial charge in [-0.15, -0.1) is 11.3 Å². The molecule has 4 aromatic carbocycles. The van der Waals surface area contributed by atoms with E-state index in [4.69, 9.17) is 21.0 Å². The van der Waals surface area contributed by atoms with E-state index >= 15 is 4.39 Å². The summed E-state index contributed by atoms with van der Waals surface area (Å²) in [6.07, 6.45) is 1.47. The van der Waals surface area contributed by atoms with Crippen molar-refractivity contribution in [1.29, 1.82) is 0 Å². The van der Waals surface area contributed by atoms with E-state index in [-0.39, 0.29) is 28.2 Å². The van der Waals surface area contributed by atoms with Crippen molar-refractivity contribution in [2.24, 2.45) is 0 Å². The summed E-state index contributed by atoms with van der Waals surface area (Å²) in [5.74, 6) is -3.64. The smallest absolute Gasteiger partial charge is 0.267 e. The second-order valence-electron chi connectivity index (χ2n) is 14.1. The molecule has 7 nitrogen and oxygen atoms in total. The highest BCUT2D eigenvalue weighted by Gasteiger charge is 2.51. The maximum atomic E-state index is 16.5. The molecule has 0 atom stereocenters. The number of anilines is 1. The minimum atomic E-state index is -4.87. The van der Waals surface area contributed by atoms with Gasteiger partial charge in [-0.3, -0.25) is 4.72 Å². The lowest BCUT2D eigenvalue weighted by molar-refractivity contribution is 0.226. The number of halogens is 4. The fraction of sp³-hybridized carbons (Fsp3) is 0.205. The fourth-order valence-electron chi connectivity index (χ4n) is 6.27. The molecule has 0 saturated heterocycles. The Hall–Kier alpha value is -4.40. The first-order valence-electron chi connectivity index (χ1n) is 16.6. The summed E-state index contributed by atoms with van der Waals surface area (Å²) < 4.78 is 81.0. The highest BCUT2D eigenvalue weighted by Crippen LogP contribution is 2.44. The topological polar surface area (TPSA) is 94.1 Å². The minimum Gasteiger partial charge on any atom is -0.406 e. The van der Waals surface area contributed by atoms with Crippen molar-refractivity contribution in [2.45, 2.75) is 50.0 Å². The molecule has 0 bridgehead atoms. The van der Waals surface area contributed by atoms with Crippen LogP contribution in [0.15, 0.2) is 114 Å². The maximum Gasteiger partial charge on any atom is 0.267 e. The normalized spacial score (nSPS) is 12.5. The van der Waals surface area contributed by atoms with Gasteiger partial charge >= 0.3 is 0 Å². The molecule has 14 heteroatoms. The zero-order chi connectivity index (χ0) is 38.2. The van der Waals surface area contributed by atoms with Crippen LogP contribution in [-0.4, -0.2) is 38.3 Å². The van der Waals surface area contributed by atoms with Crippen LogP contribution in [0.2, 0.25) is 10.3 Å². The molecule has 6 aromatic rings. The van der Waals surface area contributed by atoms with Gasteiger partial charge in [-0.2, -0.15) is 0 Å². The molecule has 53 heavy (non-hydrogen) atoms. The van der Waals surface area contributed by atoms with Crippen molar-refractivity contribution in [2.75, 3.05) is 11.3 Å². The molecule has 274 valence electrons. The number of sulfonamides is 1. The van der Waals surface area contributed by atoms with Gasteiger partial charge in [0.15, 0.2) is 10.7 Å². The zero-order valence-electron chi connectivity index (χ0n) is 29.5. The molecular weight excluding hydrogens is 757 g/mol. The van der Waals surface area contributed by atoms with Crippen LogP contribution >= 0.6 is 22.9 Å². The van der Waals surface area contributed by atoms with Crippen molar-refractivity contribution in [1.82, 2.24) is 15.0 Å². The summed E-state index contributed by atoms with van der Waals surface area (Å²) in [5.41, 5.74) is -0.810.